The van der Waals surface area contributed by atoms with Gasteiger partial charge in [0.25, 0.3) is 0 Å². The molecule has 1 aromatic heterocycles. The second-order valence-corrected chi connectivity index (χ2v) is 4.41. The van der Waals surface area contributed by atoms with Crippen molar-refractivity contribution in [2.24, 2.45) is 5.73 Å². The van der Waals surface area contributed by atoms with Gasteiger partial charge < -0.3 is 15.2 Å². The fourth-order valence-corrected chi connectivity index (χ4v) is 1.92. The minimum Gasteiger partial charge on any atom is -0.497 e. The fraction of sp³-hybridized carbons (Fsp3) is 0.143. The average Bonchev–Trinajstić information content (AvgIpc) is 2.46. The van der Waals surface area contributed by atoms with Gasteiger partial charge in [0.05, 0.1) is 7.11 Å². The van der Waals surface area contributed by atoms with E-state index in [2.05, 4.69) is 4.98 Å². The summed E-state index contributed by atoms with van der Waals surface area (Å²) in [6, 6.07) is 9.07. The van der Waals surface area contributed by atoms with E-state index < -0.39 is 0 Å². The highest BCUT2D eigenvalue weighted by atomic mass is 35.5. The Hall–Kier alpha value is -2.27. The molecule has 0 unspecified atom stereocenters. The molecule has 5 nitrogen and oxygen atoms in total. The standard InChI is InChI=1S/C14H14ClN3O2/c1-19-10-4-2-3-9(7-10)8-20-14-12(15)11(13(16)17)5-6-18-14/h2-7H,8H2,1H3,(H3,16,17). The number of hydrogen-bond donors (Lipinski definition) is 2. The maximum atomic E-state index is 7.42. The van der Waals surface area contributed by atoms with Gasteiger partial charge in [-0.25, -0.2) is 4.98 Å². The van der Waals surface area contributed by atoms with Gasteiger partial charge in [0.15, 0.2) is 0 Å². The number of pyridine rings is 1. The van der Waals surface area contributed by atoms with Crippen LogP contribution in [-0.2, 0) is 6.61 Å². The van der Waals surface area contributed by atoms with Crippen molar-refractivity contribution in [3.05, 3.63) is 52.7 Å². The largest absolute Gasteiger partial charge is 0.497 e. The van der Waals surface area contributed by atoms with Crippen LogP contribution in [0.2, 0.25) is 5.02 Å². The topological polar surface area (TPSA) is 81.2 Å². The zero-order valence-corrected chi connectivity index (χ0v) is 11.6. The highest BCUT2D eigenvalue weighted by Crippen LogP contribution is 2.26. The van der Waals surface area contributed by atoms with E-state index in [0.29, 0.717) is 12.2 Å². The lowest BCUT2D eigenvalue weighted by Crippen LogP contribution is -2.12. The van der Waals surface area contributed by atoms with E-state index >= 15 is 0 Å². The number of nitrogen functional groups attached to an aromatic ring is 1. The van der Waals surface area contributed by atoms with Gasteiger partial charge in [0.2, 0.25) is 5.88 Å². The lowest BCUT2D eigenvalue weighted by atomic mass is 10.2. The van der Waals surface area contributed by atoms with Gasteiger partial charge in [-0.15, -0.1) is 0 Å². The summed E-state index contributed by atoms with van der Waals surface area (Å²) in [5.41, 5.74) is 6.76. The predicted octanol–water partition coefficient (Wildman–Crippen LogP) is 2.61. The van der Waals surface area contributed by atoms with Crippen molar-refractivity contribution < 1.29 is 9.47 Å². The number of benzene rings is 1. The van der Waals surface area contributed by atoms with Crippen LogP contribution in [0.4, 0.5) is 0 Å². The summed E-state index contributed by atoms with van der Waals surface area (Å²) in [5.74, 6) is 0.883. The van der Waals surface area contributed by atoms with Crippen LogP contribution in [0.1, 0.15) is 11.1 Å². The third-order valence-electron chi connectivity index (χ3n) is 2.66. The zero-order valence-electron chi connectivity index (χ0n) is 10.9. The molecule has 0 fully saturated rings. The predicted molar refractivity (Wildman–Crippen MR) is 77.6 cm³/mol. The summed E-state index contributed by atoms with van der Waals surface area (Å²) >= 11 is 6.10. The van der Waals surface area contributed by atoms with E-state index in [9.17, 15) is 0 Å². The Morgan fingerprint density at radius 1 is 1.40 bits per heavy atom. The third kappa shape index (κ3) is 3.19. The molecule has 0 spiro atoms. The number of hydrogen-bond acceptors (Lipinski definition) is 4. The molecule has 0 aliphatic rings. The molecule has 0 radical (unpaired) electrons. The molecular weight excluding hydrogens is 278 g/mol. The molecule has 1 heterocycles. The van der Waals surface area contributed by atoms with Crippen LogP contribution < -0.4 is 15.2 Å². The molecule has 0 saturated carbocycles. The number of ether oxygens (including phenoxy) is 2. The van der Waals surface area contributed by atoms with Gasteiger partial charge in [-0.2, -0.15) is 0 Å². The molecule has 2 rings (SSSR count). The van der Waals surface area contributed by atoms with E-state index in [1.54, 1.807) is 13.2 Å². The molecule has 0 aliphatic carbocycles. The molecule has 0 amide bonds. The van der Waals surface area contributed by atoms with Crippen molar-refractivity contribution >= 4 is 17.4 Å². The van der Waals surface area contributed by atoms with Gasteiger partial charge in [0.1, 0.15) is 23.2 Å². The second-order valence-electron chi connectivity index (χ2n) is 4.03. The number of rotatable bonds is 5. The number of methoxy groups -OCH3 is 1. The Labute approximate surface area is 121 Å². The zero-order chi connectivity index (χ0) is 14.5. The number of nitrogens with two attached hydrogens (primary N) is 1. The molecule has 1 aromatic carbocycles. The first kappa shape index (κ1) is 14.1. The molecule has 104 valence electrons. The smallest absolute Gasteiger partial charge is 0.233 e. The summed E-state index contributed by atoms with van der Waals surface area (Å²) in [7, 11) is 1.61. The molecule has 0 aliphatic heterocycles. The number of aromatic nitrogens is 1. The number of amidine groups is 1. The van der Waals surface area contributed by atoms with Crippen molar-refractivity contribution in [3.63, 3.8) is 0 Å². The maximum absolute atomic E-state index is 7.42. The number of nitrogens with one attached hydrogen (secondary N) is 1. The first-order valence-electron chi connectivity index (χ1n) is 5.86. The molecular formula is C14H14ClN3O2. The van der Waals surface area contributed by atoms with Crippen molar-refractivity contribution in [1.29, 1.82) is 5.41 Å². The molecule has 0 bridgehead atoms. The fourth-order valence-electron chi connectivity index (χ4n) is 1.65. The summed E-state index contributed by atoms with van der Waals surface area (Å²) in [6.45, 7) is 0.297. The van der Waals surface area contributed by atoms with E-state index in [1.807, 2.05) is 24.3 Å². The Morgan fingerprint density at radius 3 is 2.90 bits per heavy atom. The van der Waals surface area contributed by atoms with E-state index in [-0.39, 0.29) is 16.7 Å². The van der Waals surface area contributed by atoms with Gasteiger partial charge in [-0.05, 0) is 23.8 Å². The van der Waals surface area contributed by atoms with E-state index in [4.69, 9.17) is 32.2 Å². The molecule has 6 heteroatoms. The lowest BCUT2D eigenvalue weighted by molar-refractivity contribution is 0.293. The molecule has 0 saturated heterocycles. The SMILES string of the molecule is COc1cccc(COc2nccc(C(=N)N)c2Cl)c1. The van der Waals surface area contributed by atoms with Crippen LogP contribution in [0.5, 0.6) is 11.6 Å². The van der Waals surface area contributed by atoms with Crippen LogP contribution in [0.15, 0.2) is 36.5 Å². The summed E-state index contributed by atoms with van der Waals surface area (Å²) in [5, 5.41) is 7.65. The van der Waals surface area contributed by atoms with Crippen LogP contribution in [-0.4, -0.2) is 17.9 Å². The normalized spacial score (nSPS) is 10.1. The number of halogens is 1. The monoisotopic (exact) mass is 291 g/mol. The van der Waals surface area contributed by atoms with Crippen LogP contribution >= 0.6 is 11.6 Å². The van der Waals surface area contributed by atoms with Crippen molar-refractivity contribution in [1.82, 2.24) is 4.98 Å². The van der Waals surface area contributed by atoms with Crippen molar-refractivity contribution in [3.8, 4) is 11.6 Å². The summed E-state index contributed by atoms with van der Waals surface area (Å²) in [4.78, 5) is 4.04. The molecule has 2 aromatic rings. The molecule has 0 atom stereocenters. The van der Waals surface area contributed by atoms with Crippen molar-refractivity contribution in [2.75, 3.05) is 7.11 Å². The second kappa shape index (κ2) is 6.25. The average molecular weight is 292 g/mol. The summed E-state index contributed by atoms with van der Waals surface area (Å²) < 4.78 is 10.7. The Morgan fingerprint density at radius 2 is 2.20 bits per heavy atom. The quantitative estimate of drug-likeness (QED) is 0.655. The van der Waals surface area contributed by atoms with Gasteiger partial charge in [-0.1, -0.05) is 23.7 Å². The molecule has 3 N–H and O–H groups in total. The van der Waals surface area contributed by atoms with Gasteiger partial charge in [-0.3, -0.25) is 5.41 Å². The minimum atomic E-state index is -0.122. The van der Waals surface area contributed by atoms with Gasteiger partial charge in [0, 0.05) is 11.8 Å². The minimum absolute atomic E-state index is 0.122. The highest BCUT2D eigenvalue weighted by Gasteiger charge is 2.11. The summed E-state index contributed by atoms with van der Waals surface area (Å²) in [6.07, 6.45) is 1.50. The lowest BCUT2D eigenvalue weighted by Gasteiger charge is -2.10. The van der Waals surface area contributed by atoms with E-state index in [1.165, 1.54) is 6.20 Å². The van der Waals surface area contributed by atoms with Gasteiger partial charge >= 0.3 is 0 Å². The third-order valence-corrected chi connectivity index (χ3v) is 3.02. The Balaban J connectivity index is 2.14. The van der Waals surface area contributed by atoms with Crippen molar-refractivity contribution in [2.45, 2.75) is 6.61 Å². The van der Waals surface area contributed by atoms with Crippen LogP contribution in [0.3, 0.4) is 0 Å². The maximum Gasteiger partial charge on any atom is 0.233 e. The van der Waals surface area contributed by atoms with Crippen LogP contribution in [0, 0.1) is 5.41 Å². The Bertz CT molecular complexity index is 632. The number of nitrogens with zero attached hydrogens (tertiary/aromatic N) is 1. The first-order chi connectivity index (χ1) is 9.61. The highest BCUT2D eigenvalue weighted by molar-refractivity contribution is 6.35. The Kier molecular flexibility index (Phi) is 4.42. The first-order valence-corrected chi connectivity index (χ1v) is 6.24. The molecule has 20 heavy (non-hydrogen) atoms. The van der Waals surface area contributed by atoms with Crippen LogP contribution in [0.25, 0.3) is 0 Å². The van der Waals surface area contributed by atoms with E-state index in [0.717, 1.165) is 11.3 Å².